The van der Waals surface area contributed by atoms with Gasteiger partial charge in [-0.15, -0.1) is 0 Å². The van der Waals surface area contributed by atoms with Crippen LogP contribution in [-0.4, -0.2) is 31.0 Å². The van der Waals surface area contributed by atoms with Crippen LogP contribution in [0.5, 0.6) is 0 Å². The zero-order valence-electron chi connectivity index (χ0n) is 14.0. The molecule has 2 aromatic rings. The standard InChI is InChI=1S/C20H24N2O2/c1-16(17-5-3-2-4-6-17)22-12-11-20(24-14-13-22)18-7-9-19(10-8-18)21-15-23/h2-10,15-16,20H,11-14H2,1H3,(H,21,23)/t16-,20?/m1/s1. The molecule has 0 radical (unpaired) electrons. The highest BCUT2D eigenvalue weighted by atomic mass is 16.5. The van der Waals surface area contributed by atoms with Crippen molar-refractivity contribution in [2.45, 2.75) is 25.5 Å². The van der Waals surface area contributed by atoms with Gasteiger partial charge in [-0.25, -0.2) is 0 Å². The van der Waals surface area contributed by atoms with Crippen LogP contribution in [0.2, 0.25) is 0 Å². The molecule has 0 spiro atoms. The second kappa shape index (κ2) is 8.08. The minimum atomic E-state index is 0.114. The van der Waals surface area contributed by atoms with Gasteiger partial charge in [0.2, 0.25) is 6.41 Å². The molecule has 2 atom stereocenters. The molecule has 0 saturated carbocycles. The lowest BCUT2D eigenvalue weighted by Crippen LogP contribution is -2.29. The summed E-state index contributed by atoms with van der Waals surface area (Å²) in [5.74, 6) is 0. The molecule has 1 fully saturated rings. The number of benzene rings is 2. The quantitative estimate of drug-likeness (QED) is 0.851. The van der Waals surface area contributed by atoms with E-state index in [1.807, 2.05) is 24.3 Å². The van der Waals surface area contributed by atoms with Crippen molar-refractivity contribution in [1.82, 2.24) is 4.90 Å². The lowest BCUT2D eigenvalue weighted by Gasteiger charge is -2.27. The van der Waals surface area contributed by atoms with Gasteiger partial charge in [0, 0.05) is 24.8 Å². The molecule has 0 bridgehead atoms. The van der Waals surface area contributed by atoms with Crippen LogP contribution in [0.15, 0.2) is 54.6 Å². The van der Waals surface area contributed by atoms with Crippen LogP contribution in [0.4, 0.5) is 5.69 Å². The Bertz CT molecular complexity index is 642. The van der Waals surface area contributed by atoms with Gasteiger partial charge in [0.15, 0.2) is 0 Å². The van der Waals surface area contributed by atoms with E-state index in [0.717, 1.165) is 31.8 Å². The van der Waals surface area contributed by atoms with Crippen molar-refractivity contribution in [3.8, 4) is 0 Å². The average Bonchev–Trinajstić information content (AvgIpc) is 2.89. The Morgan fingerprint density at radius 2 is 1.88 bits per heavy atom. The van der Waals surface area contributed by atoms with Gasteiger partial charge in [0.25, 0.3) is 0 Å². The predicted octanol–water partition coefficient (Wildman–Crippen LogP) is 3.78. The molecular formula is C20H24N2O2. The van der Waals surface area contributed by atoms with E-state index in [0.29, 0.717) is 12.5 Å². The third kappa shape index (κ3) is 4.02. The van der Waals surface area contributed by atoms with Crippen LogP contribution in [0.3, 0.4) is 0 Å². The van der Waals surface area contributed by atoms with Gasteiger partial charge >= 0.3 is 0 Å². The molecule has 4 heteroatoms. The molecule has 126 valence electrons. The van der Waals surface area contributed by atoms with Crippen LogP contribution in [0.1, 0.15) is 36.6 Å². The van der Waals surface area contributed by atoms with Gasteiger partial charge in [-0.2, -0.15) is 0 Å². The van der Waals surface area contributed by atoms with Gasteiger partial charge in [-0.05, 0) is 36.6 Å². The number of rotatable bonds is 5. The number of hydrogen-bond acceptors (Lipinski definition) is 3. The Balaban J connectivity index is 1.63. The lowest BCUT2D eigenvalue weighted by molar-refractivity contribution is -0.105. The maximum absolute atomic E-state index is 10.5. The van der Waals surface area contributed by atoms with Crippen molar-refractivity contribution in [2.24, 2.45) is 0 Å². The minimum absolute atomic E-state index is 0.114. The van der Waals surface area contributed by atoms with Crippen LogP contribution in [-0.2, 0) is 9.53 Å². The Hall–Kier alpha value is -2.17. The molecule has 1 aliphatic rings. The summed E-state index contributed by atoms with van der Waals surface area (Å²) in [5, 5.41) is 2.66. The van der Waals surface area contributed by atoms with E-state index in [1.54, 1.807) is 0 Å². The molecule has 1 heterocycles. The molecule has 24 heavy (non-hydrogen) atoms. The summed E-state index contributed by atoms with van der Waals surface area (Å²) in [6.07, 6.45) is 1.78. The van der Waals surface area contributed by atoms with Crippen LogP contribution < -0.4 is 5.32 Å². The summed E-state index contributed by atoms with van der Waals surface area (Å²) >= 11 is 0. The fraction of sp³-hybridized carbons (Fsp3) is 0.350. The molecule has 1 saturated heterocycles. The van der Waals surface area contributed by atoms with Crippen molar-refractivity contribution in [2.75, 3.05) is 25.0 Å². The van der Waals surface area contributed by atoms with E-state index in [-0.39, 0.29) is 6.10 Å². The van der Waals surface area contributed by atoms with E-state index >= 15 is 0 Å². The van der Waals surface area contributed by atoms with Crippen LogP contribution in [0, 0.1) is 0 Å². The Morgan fingerprint density at radius 1 is 1.12 bits per heavy atom. The molecule has 1 unspecified atom stereocenters. The molecular weight excluding hydrogens is 300 g/mol. The topological polar surface area (TPSA) is 41.6 Å². The van der Waals surface area contributed by atoms with Crippen molar-refractivity contribution in [1.29, 1.82) is 0 Å². The number of amides is 1. The average molecular weight is 324 g/mol. The third-order valence-electron chi connectivity index (χ3n) is 4.71. The molecule has 1 aliphatic heterocycles. The predicted molar refractivity (Wildman–Crippen MR) is 95.9 cm³/mol. The second-order valence-corrected chi connectivity index (χ2v) is 6.15. The first kappa shape index (κ1) is 16.7. The molecule has 3 rings (SSSR count). The fourth-order valence-electron chi connectivity index (χ4n) is 3.25. The van der Waals surface area contributed by atoms with Gasteiger partial charge in [0.1, 0.15) is 0 Å². The number of carbonyl (C=O) groups excluding carboxylic acids is 1. The normalized spacial score (nSPS) is 20.1. The first-order chi connectivity index (χ1) is 11.8. The van der Waals surface area contributed by atoms with Gasteiger partial charge in [-0.3, -0.25) is 9.69 Å². The maximum atomic E-state index is 10.5. The van der Waals surface area contributed by atoms with E-state index in [1.165, 1.54) is 11.1 Å². The van der Waals surface area contributed by atoms with Crippen LogP contribution >= 0.6 is 0 Å². The summed E-state index contributed by atoms with van der Waals surface area (Å²) in [4.78, 5) is 13.0. The summed E-state index contributed by atoms with van der Waals surface area (Å²) < 4.78 is 6.07. The molecule has 1 amide bonds. The van der Waals surface area contributed by atoms with Crippen molar-refractivity contribution >= 4 is 12.1 Å². The smallest absolute Gasteiger partial charge is 0.211 e. The zero-order valence-corrected chi connectivity index (χ0v) is 14.0. The molecule has 1 N–H and O–H groups in total. The first-order valence-electron chi connectivity index (χ1n) is 8.48. The highest BCUT2D eigenvalue weighted by molar-refractivity contribution is 5.71. The monoisotopic (exact) mass is 324 g/mol. The number of hydrogen-bond donors (Lipinski definition) is 1. The lowest BCUT2D eigenvalue weighted by atomic mass is 10.0. The highest BCUT2D eigenvalue weighted by Gasteiger charge is 2.22. The molecule has 0 aromatic heterocycles. The van der Waals surface area contributed by atoms with E-state index in [9.17, 15) is 4.79 Å². The number of carbonyl (C=O) groups is 1. The number of ether oxygens (including phenoxy) is 1. The minimum Gasteiger partial charge on any atom is -0.372 e. The largest absolute Gasteiger partial charge is 0.372 e. The van der Waals surface area contributed by atoms with Crippen molar-refractivity contribution < 1.29 is 9.53 Å². The first-order valence-corrected chi connectivity index (χ1v) is 8.48. The van der Waals surface area contributed by atoms with Crippen LogP contribution in [0.25, 0.3) is 0 Å². The Morgan fingerprint density at radius 3 is 2.58 bits per heavy atom. The van der Waals surface area contributed by atoms with E-state index < -0.39 is 0 Å². The summed E-state index contributed by atoms with van der Waals surface area (Å²) in [6, 6.07) is 18.9. The molecule has 4 nitrogen and oxygen atoms in total. The number of anilines is 1. The third-order valence-corrected chi connectivity index (χ3v) is 4.71. The molecule has 2 aromatic carbocycles. The highest BCUT2D eigenvalue weighted by Crippen LogP contribution is 2.28. The Kier molecular flexibility index (Phi) is 5.62. The maximum Gasteiger partial charge on any atom is 0.211 e. The second-order valence-electron chi connectivity index (χ2n) is 6.15. The number of nitrogens with one attached hydrogen (secondary N) is 1. The van der Waals surface area contributed by atoms with Gasteiger partial charge in [0.05, 0.1) is 12.7 Å². The van der Waals surface area contributed by atoms with Gasteiger partial charge in [-0.1, -0.05) is 42.5 Å². The summed E-state index contributed by atoms with van der Waals surface area (Å²) in [6.45, 7) is 4.94. The van der Waals surface area contributed by atoms with E-state index in [4.69, 9.17) is 4.74 Å². The van der Waals surface area contributed by atoms with E-state index in [2.05, 4.69) is 47.5 Å². The summed E-state index contributed by atoms with van der Waals surface area (Å²) in [7, 11) is 0. The molecule has 0 aliphatic carbocycles. The fourth-order valence-corrected chi connectivity index (χ4v) is 3.25. The SMILES string of the molecule is C[C@H](c1ccccc1)N1CCOC(c2ccc(NC=O)cc2)CC1. The number of nitrogens with zero attached hydrogens (tertiary/aromatic N) is 1. The van der Waals surface area contributed by atoms with Crippen molar-refractivity contribution in [3.05, 3.63) is 65.7 Å². The van der Waals surface area contributed by atoms with Gasteiger partial charge < -0.3 is 10.1 Å². The summed E-state index contributed by atoms with van der Waals surface area (Å²) in [5.41, 5.74) is 3.32. The Labute approximate surface area is 143 Å². The van der Waals surface area contributed by atoms with Crippen molar-refractivity contribution in [3.63, 3.8) is 0 Å². The zero-order chi connectivity index (χ0) is 16.8.